The third-order valence-electron chi connectivity index (χ3n) is 2.79. The Hall–Kier alpha value is -2.48. The lowest BCUT2D eigenvalue weighted by Gasteiger charge is -2.08. The second-order valence-electron chi connectivity index (χ2n) is 4.52. The summed E-state index contributed by atoms with van der Waals surface area (Å²) >= 11 is 0. The summed E-state index contributed by atoms with van der Waals surface area (Å²) in [5, 5.41) is 2.39. The number of hydrogen-bond donors (Lipinski definition) is 1. The van der Waals surface area contributed by atoms with Gasteiger partial charge in [-0.05, 0) is 36.4 Å². The van der Waals surface area contributed by atoms with Gasteiger partial charge in [0, 0.05) is 5.69 Å². The van der Waals surface area contributed by atoms with Crippen molar-refractivity contribution in [1.82, 2.24) is 0 Å². The van der Waals surface area contributed by atoms with Crippen molar-refractivity contribution in [3.8, 4) is 5.75 Å². The number of nitrogens with one attached hydrogen (secondary N) is 1. The van der Waals surface area contributed by atoms with E-state index in [4.69, 9.17) is 0 Å². The minimum atomic E-state index is -3.74. The maximum Gasteiger partial charge on any atom is 0.387 e. The second kappa shape index (κ2) is 7.19. The molecule has 0 radical (unpaired) electrons. The van der Waals surface area contributed by atoms with Gasteiger partial charge >= 0.3 is 6.61 Å². The molecule has 0 saturated carbocycles. The Labute approximate surface area is 131 Å². The SMILES string of the molecule is O=C(CS(=O)(=O)c1ccccc1)Nc1ccc(OC(F)F)cc1. The molecule has 0 aliphatic carbocycles. The smallest absolute Gasteiger partial charge is 0.387 e. The first-order chi connectivity index (χ1) is 10.9. The maximum atomic E-state index is 12.0. The summed E-state index contributed by atoms with van der Waals surface area (Å²) in [7, 11) is -3.74. The minimum absolute atomic E-state index is 0.0517. The number of hydrogen-bond acceptors (Lipinski definition) is 4. The first-order valence-corrected chi connectivity index (χ1v) is 8.14. The molecule has 2 aromatic carbocycles. The van der Waals surface area contributed by atoms with Crippen LogP contribution >= 0.6 is 0 Å². The first kappa shape index (κ1) is 16.9. The molecule has 0 spiro atoms. The molecule has 0 heterocycles. The fourth-order valence-corrected chi connectivity index (χ4v) is 2.96. The highest BCUT2D eigenvalue weighted by molar-refractivity contribution is 7.92. The minimum Gasteiger partial charge on any atom is -0.435 e. The van der Waals surface area contributed by atoms with Crippen LogP contribution in [0.2, 0.25) is 0 Å². The number of sulfone groups is 1. The van der Waals surface area contributed by atoms with Crippen molar-refractivity contribution in [2.75, 3.05) is 11.1 Å². The number of ether oxygens (including phenoxy) is 1. The van der Waals surface area contributed by atoms with E-state index in [0.717, 1.165) is 0 Å². The molecule has 0 aliphatic heterocycles. The van der Waals surface area contributed by atoms with E-state index in [-0.39, 0.29) is 16.3 Å². The van der Waals surface area contributed by atoms with E-state index >= 15 is 0 Å². The standard InChI is InChI=1S/C15H13F2NO4S/c16-15(17)22-12-8-6-11(7-9-12)18-14(19)10-23(20,21)13-4-2-1-3-5-13/h1-9,15H,10H2,(H,18,19). The third kappa shape index (κ3) is 5.03. The van der Waals surface area contributed by atoms with Crippen LogP contribution in [0.25, 0.3) is 0 Å². The third-order valence-corrected chi connectivity index (χ3v) is 4.42. The Morgan fingerprint density at radius 1 is 1.04 bits per heavy atom. The highest BCUT2D eigenvalue weighted by Gasteiger charge is 2.19. The van der Waals surface area contributed by atoms with Crippen LogP contribution in [-0.2, 0) is 14.6 Å². The molecule has 2 aromatic rings. The van der Waals surface area contributed by atoms with Gasteiger partial charge in [0.15, 0.2) is 9.84 Å². The average molecular weight is 341 g/mol. The average Bonchev–Trinajstić information content (AvgIpc) is 2.49. The van der Waals surface area contributed by atoms with Crippen molar-refractivity contribution < 1.29 is 26.7 Å². The molecule has 0 aliphatic rings. The number of alkyl halides is 2. The van der Waals surface area contributed by atoms with E-state index in [0.29, 0.717) is 0 Å². The van der Waals surface area contributed by atoms with E-state index in [1.54, 1.807) is 18.2 Å². The Morgan fingerprint density at radius 2 is 1.65 bits per heavy atom. The number of halogens is 2. The monoisotopic (exact) mass is 341 g/mol. The number of carbonyl (C=O) groups excluding carboxylic acids is 1. The van der Waals surface area contributed by atoms with Gasteiger partial charge in [-0.25, -0.2) is 8.42 Å². The quantitative estimate of drug-likeness (QED) is 0.877. The number of rotatable bonds is 6. The normalized spacial score (nSPS) is 11.3. The molecule has 2 rings (SSSR count). The molecule has 1 amide bonds. The molecule has 23 heavy (non-hydrogen) atoms. The lowest BCUT2D eigenvalue weighted by molar-refractivity contribution is -0.113. The van der Waals surface area contributed by atoms with Crippen LogP contribution in [0.15, 0.2) is 59.5 Å². The number of benzene rings is 2. The van der Waals surface area contributed by atoms with E-state index in [1.807, 2.05) is 0 Å². The van der Waals surface area contributed by atoms with Crippen LogP contribution in [0, 0.1) is 0 Å². The Kier molecular flexibility index (Phi) is 5.28. The van der Waals surface area contributed by atoms with Crippen LogP contribution in [0.4, 0.5) is 14.5 Å². The summed E-state index contributed by atoms with van der Waals surface area (Å²) in [5.41, 5.74) is 0.278. The van der Waals surface area contributed by atoms with E-state index in [1.165, 1.54) is 36.4 Å². The van der Waals surface area contributed by atoms with Gasteiger partial charge in [-0.3, -0.25) is 4.79 Å². The van der Waals surface area contributed by atoms with Gasteiger partial charge in [-0.15, -0.1) is 0 Å². The number of anilines is 1. The van der Waals surface area contributed by atoms with Gasteiger partial charge in [-0.2, -0.15) is 8.78 Å². The largest absolute Gasteiger partial charge is 0.435 e. The van der Waals surface area contributed by atoms with Crippen LogP contribution in [-0.4, -0.2) is 26.7 Å². The predicted molar refractivity (Wildman–Crippen MR) is 80.2 cm³/mol. The van der Waals surface area contributed by atoms with Gasteiger partial charge in [0.2, 0.25) is 5.91 Å². The van der Waals surface area contributed by atoms with Crippen molar-refractivity contribution in [2.45, 2.75) is 11.5 Å². The Balaban J connectivity index is 1.99. The molecule has 0 bridgehead atoms. The lowest BCUT2D eigenvalue weighted by Crippen LogP contribution is -2.23. The zero-order chi connectivity index (χ0) is 16.9. The molecule has 8 heteroatoms. The van der Waals surface area contributed by atoms with Crippen molar-refractivity contribution in [2.24, 2.45) is 0 Å². The summed E-state index contributed by atoms with van der Waals surface area (Å²) in [4.78, 5) is 11.9. The van der Waals surface area contributed by atoms with Crippen molar-refractivity contribution >= 4 is 21.4 Å². The van der Waals surface area contributed by atoms with Gasteiger partial charge in [0.05, 0.1) is 4.90 Å². The molecule has 0 aromatic heterocycles. The predicted octanol–water partition coefficient (Wildman–Crippen LogP) is 2.70. The molecule has 1 N–H and O–H groups in total. The molecule has 0 saturated heterocycles. The summed E-state index contributed by atoms with van der Waals surface area (Å²) in [6.45, 7) is -2.94. The zero-order valence-corrected chi connectivity index (χ0v) is 12.6. The van der Waals surface area contributed by atoms with Crippen LogP contribution < -0.4 is 10.1 Å². The summed E-state index contributed by atoms with van der Waals surface area (Å²) < 4.78 is 52.3. The fourth-order valence-electron chi connectivity index (χ4n) is 1.80. The number of carbonyl (C=O) groups is 1. The van der Waals surface area contributed by atoms with E-state index in [9.17, 15) is 22.0 Å². The first-order valence-electron chi connectivity index (χ1n) is 6.49. The van der Waals surface area contributed by atoms with E-state index < -0.39 is 28.1 Å². The van der Waals surface area contributed by atoms with Crippen LogP contribution in [0.1, 0.15) is 0 Å². The molecule has 0 unspecified atom stereocenters. The molecule has 122 valence electrons. The van der Waals surface area contributed by atoms with Crippen LogP contribution in [0.3, 0.4) is 0 Å². The highest BCUT2D eigenvalue weighted by atomic mass is 32.2. The molecular weight excluding hydrogens is 328 g/mol. The molecular formula is C15H13F2NO4S. The molecule has 5 nitrogen and oxygen atoms in total. The summed E-state index contributed by atoms with van der Waals surface area (Å²) in [5.74, 6) is -1.50. The zero-order valence-electron chi connectivity index (χ0n) is 11.8. The lowest BCUT2D eigenvalue weighted by atomic mass is 10.3. The van der Waals surface area contributed by atoms with Gasteiger partial charge in [0.1, 0.15) is 11.5 Å². The van der Waals surface area contributed by atoms with Gasteiger partial charge in [-0.1, -0.05) is 18.2 Å². The highest BCUT2D eigenvalue weighted by Crippen LogP contribution is 2.18. The van der Waals surface area contributed by atoms with Gasteiger partial charge in [0.25, 0.3) is 0 Å². The Morgan fingerprint density at radius 3 is 2.22 bits per heavy atom. The maximum absolute atomic E-state index is 12.0. The number of amides is 1. The van der Waals surface area contributed by atoms with Crippen LogP contribution in [0.5, 0.6) is 5.75 Å². The summed E-state index contributed by atoms with van der Waals surface area (Å²) in [6.07, 6.45) is 0. The summed E-state index contributed by atoms with van der Waals surface area (Å²) in [6, 6.07) is 12.8. The van der Waals surface area contributed by atoms with Gasteiger partial charge < -0.3 is 10.1 Å². The van der Waals surface area contributed by atoms with Crippen molar-refractivity contribution in [3.05, 3.63) is 54.6 Å². The van der Waals surface area contributed by atoms with Crippen molar-refractivity contribution in [3.63, 3.8) is 0 Å². The topological polar surface area (TPSA) is 72.5 Å². The second-order valence-corrected chi connectivity index (χ2v) is 6.51. The van der Waals surface area contributed by atoms with E-state index in [2.05, 4.69) is 10.1 Å². The fraction of sp³-hybridized carbons (Fsp3) is 0.133. The molecule has 0 fully saturated rings. The molecule has 0 atom stereocenters. The van der Waals surface area contributed by atoms with Crippen molar-refractivity contribution in [1.29, 1.82) is 0 Å². The Bertz CT molecular complexity index is 762.